The summed E-state index contributed by atoms with van der Waals surface area (Å²) in [5.74, 6) is 0.622. The Morgan fingerprint density at radius 2 is 2.16 bits per heavy atom. The molecular weight excluding hydrogens is 266 g/mol. The highest BCUT2D eigenvalue weighted by molar-refractivity contribution is 7.89. The molecule has 0 bridgehead atoms. The van der Waals surface area contributed by atoms with Crippen LogP contribution >= 0.6 is 0 Å². The Morgan fingerprint density at radius 3 is 2.68 bits per heavy atom. The van der Waals surface area contributed by atoms with Crippen molar-refractivity contribution < 1.29 is 13.2 Å². The largest absolute Gasteiger partial charge is 0.489 e. The fourth-order valence-electron chi connectivity index (χ4n) is 1.67. The number of aromatic nitrogens is 2. The van der Waals surface area contributed by atoms with Crippen molar-refractivity contribution in [1.82, 2.24) is 9.78 Å². The molecule has 0 spiro atoms. The van der Waals surface area contributed by atoms with E-state index in [0.717, 1.165) is 11.1 Å². The molecule has 1 heterocycles. The zero-order valence-electron chi connectivity index (χ0n) is 10.7. The third-order valence-corrected chi connectivity index (χ3v) is 3.54. The molecule has 0 saturated carbocycles. The molecule has 0 aliphatic carbocycles. The van der Waals surface area contributed by atoms with E-state index in [1.807, 2.05) is 13.2 Å². The summed E-state index contributed by atoms with van der Waals surface area (Å²) in [6.45, 7) is 2.15. The first-order chi connectivity index (χ1) is 8.86. The molecule has 2 rings (SSSR count). The van der Waals surface area contributed by atoms with Gasteiger partial charge in [0.25, 0.3) is 0 Å². The molecule has 7 heteroatoms. The first-order valence-corrected chi connectivity index (χ1v) is 7.14. The van der Waals surface area contributed by atoms with Crippen LogP contribution in [-0.2, 0) is 23.7 Å². The summed E-state index contributed by atoms with van der Waals surface area (Å²) in [5, 5.41) is 9.10. The van der Waals surface area contributed by atoms with Crippen molar-refractivity contribution >= 4 is 10.0 Å². The second kappa shape index (κ2) is 5.02. The Labute approximate surface area is 111 Å². The molecule has 1 aromatic heterocycles. The molecule has 0 radical (unpaired) electrons. The van der Waals surface area contributed by atoms with E-state index in [9.17, 15) is 8.42 Å². The van der Waals surface area contributed by atoms with Crippen molar-refractivity contribution in [3.63, 3.8) is 0 Å². The highest BCUT2D eigenvalue weighted by Gasteiger charge is 2.10. The predicted molar refractivity (Wildman–Crippen MR) is 70.1 cm³/mol. The Kier molecular flexibility index (Phi) is 3.59. The minimum Gasteiger partial charge on any atom is -0.489 e. The van der Waals surface area contributed by atoms with Gasteiger partial charge in [-0.25, -0.2) is 13.6 Å². The van der Waals surface area contributed by atoms with E-state index in [1.54, 1.807) is 23.9 Å². The lowest BCUT2D eigenvalue weighted by Crippen LogP contribution is -2.12. The van der Waals surface area contributed by atoms with E-state index < -0.39 is 10.0 Å². The number of sulfonamides is 1. The quantitative estimate of drug-likeness (QED) is 0.904. The lowest BCUT2D eigenvalue weighted by molar-refractivity contribution is 0.304. The fourth-order valence-corrected chi connectivity index (χ4v) is 2.27. The van der Waals surface area contributed by atoms with Crippen LogP contribution in [0.5, 0.6) is 5.75 Å². The van der Waals surface area contributed by atoms with Gasteiger partial charge in [0.1, 0.15) is 12.4 Å². The molecule has 2 aromatic rings. The van der Waals surface area contributed by atoms with E-state index in [4.69, 9.17) is 9.88 Å². The molecule has 2 N–H and O–H groups in total. The maximum atomic E-state index is 11.2. The van der Waals surface area contributed by atoms with Crippen molar-refractivity contribution in [2.24, 2.45) is 12.2 Å². The van der Waals surface area contributed by atoms with E-state index in [-0.39, 0.29) is 4.90 Å². The van der Waals surface area contributed by atoms with Gasteiger partial charge in [-0.1, -0.05) is 0 Å². The maximum absolute atomic E-state index is 11.2. The molecule has 0 aliphatic rings. The van der Waals surface area contributed by atoms with Crippen LogP contribution in [0.15, 0.2) is 35.5 Å². The van der Waals surface area contributed by atoms with Gasteiger partial charge in [-0.05, 0) is 30.7 Å². The van der Waals surface area contributed by atoms with Gasteiger partial charge in [0.05, 0.1) is 11.1 Å². The summed E-state index contributed by atoms with van der Waals surface area (Å²) >= 11 is 0. The molecule has 0 fully saturated rings. The second-order valence-electron chi connectivity index (χ2n) is 4.28. The minimum absolute atomic E-state index is 0.0822. The maximum Gasteiger partial charge on any atom is 0.238 e. The molecule has 0 atom stereocenters. The number of ether oxygens (including phenoxy) is 1. The van der Waals surface area contributed by atoms with E-state index in [0.29, 0.717) is 12.4 Å². The number of hydrogen-bond donors (Lipinski definition) is 1. The monoisotopic (exact) mass is 281 g/mol. The Morgan fingerprint density at radius 1 is 1.42 bits per heavy atom. The van der Waals surface area contributed by atoms with Crippen LogP contribution < -0.4 is 9.88 Å². The van der Waals surface area contributed by atoms with Crippen LogP contribution in [0.4, 0.5) is 0 Å². The Hall–Kier alpha value is -1.86. The Balaban J connectivity index is 2.14. The normalized spacial score (nSPS) is 11.5. The highest BCUT2D eigenvalue weighted by atomic mass is 32.2. The summed E-state index contributed by atoms with van der Waals surface area (Å²) < 4.78 is 29.7. The smallest absolute Gasteiger partial charge is 0.238 e. The number of aryl methyl sites for hydroxylation is 2. The molecule has 19 heavy (non-hydrogen) atoms. The molecule has 1 aromatic carbocycles. The number of nitrogens with zero attached hydrogens (tertiary/aromatic N) is 2. The first-order valence-electron chi connectivity index (χ1n) is 5.60. The highest BCUT2D eigenvalue weighted by Crippen LogP contribution is 2.22. The van der Waals surface area contributed by atoms with Gasteiger partial charge in [0, 0.05) is 18.8 Å². The van der Waals surface area contributed by atoms with Gasteiger partial charge in [0.2, 0.25) is 10.0 Å². The summed E-state index contributed by atoms with van der Waals surface area (Å²) in [6, 6.07) is 4.53. The third kappa shape index (κ3) is 3.33. The van der Waals surface area contributed by atoms with Gasteiger partial charge in [-0.2, -0.15) is 5.10 Å². The van der Waals surface area contributed by atoms with E-state index in [2.05, 4.69) is 5.10 Å². The van der Waals surface area contributed by atoms with Crippen LogP contribution in [0.1, 0.15) is 11.1 Å². The lowest BCUT2D eigenvalue weighted by Gasteiger charge is -2.09. The molecular formula is C12H15N3O3S. The molecule has 6 nitrogen and oxygen atoms in total. The Bertz CT molecular complexity index is 692. The van der Waals surface area contributed by atoms with Gasteiger partial charge in [-0.3, -0.25) is 4.68 Å². The molecule has 0 unspecified atom stereocenters. The van der Waals surface area contributed by atoms with Crippen LogP contribution in [0, 0.1) is 6.92 Å². The fraction of sp³-hybridized carbons (Fsp3) is 0.250. The van der Waals surface area contributed by atoms with Crippen LogP contribution in [-0.4, -0.2) is 18.2 Å². The van der Waals surface area contributed by atoms with Gasteiger partial charge in [0.15, 0.2) is 0 Å². The van der Waals surface area contributed by atoms with Crippen molar-refractivity contribution in [2.45, 2.75) is 18.4 Å². The number of hydrogen-bond acceptors (Lipinski definition) is 4. The van der Waals surface area contributed by atoms with Gasteiger partial charge in [-0.15, -0.1) is 0 Å². The van der Waals surface area contributed by atoms with E-state index >= 15 is 0 Å². The van der Waals surface area contributed by atoms with Crippen LogP contribution in [0.2, 0.25) is 0 Å². The SMILES string of the molecule is Cc1cc(S(N)(=O)=O)ccc1OCc1cnn(C)c1. The van der Waals surface area contributed by atoms with Crippen LogP contribution in [0.3, 0.4) is 0 Å². The first kappa shape index (κ1) is 13.6. The zero-order chi connectivity index (χ0) is 14.0. The predicted octanol–water partition coefficient (Wildman–Crippen LogP) is 0.955. The van der Waals surface area contributed by atoms with Crippen molar-refractivity contribution in [2.75, 3.05) is 0 Å². The van der Waals surface area contributed by atoms with Crippen LogP contribution in [0.25, 0.3) is 0 Å². The van der Waals surface area contributed by atoms with Gasteiger partial charge >= 0.3 is 0 Å². The molecule has 0 aliphatic heterocycles. The summed E-state index contributed by atoms with van der Waals surface area (Å²) in [5.41, 5.74) is 1.66. The summed E-state index contributed by atoms with van der Waals surface area (Å²) in [6.07, 6.45) is 3.57. The second-order valence-corrected chi connectivity index (χ2v) is 5.84. The van der Waals surface area contributed by atoms with E-state index in [1.165, 1.54) is 12.1 Å². The number of nitrogens with two attached hydrogens (primary N) is 1. The van der Waals surface area contributed by atoms with Crippen molar-refractivity contribution in [1.29, 1.82) is 0 Å². The average molecular weight is 281 g/mol. The lowest BCUT2D eigenvalue weighted by atomic mass is 10.2. The third-order valence-electron chi connectivity index (χ3n) is 2.63. The van der Waals surface area contributed by atoms with Crippen molar-refractivity contribution in [3.05, 3.63) is 41.7 Å². The minimum atomic E-state index is -3.67. The number of primary sulfonamides is 1. The summed E-state index contributed by atoms with van der Waals surface area (Å²) in [7, 11) is -1.85. The molecule has 0 amide bonds. The standard InChI is InChI=1S/C12H15N3O3S/c1-9-5-11(19(13,16)17)3-4-12(9)18-8-10-6-14-15(2)7-10/h3-7H,8H2,1-2H3,(H2,13,16,17). The van der Waals surface area contributed by atoms with Crippen molar-refractivity contribution in [3.8, 4) is 5.75 Å². The number of benzene rings is 1. The molecule has 102 valence electrons. The topological polar surface area (TPSA) is 87.2 Å². The molecule has 0 saturated heterocycles. The van der Waals surface area contributed by atoms with Gasteiger partial charge < -0.3 is 4.74 Å². The average Bonchev–Trinajstić information content (AvgIpc) is 2.72. The summed E-state index contributed by atoms with van der Waals surface area (Å²) in [4.78, 5) is 0.0822. The number of rotatable bonds is 4. The zero-order valence-corrected chi connectivity index (χ0v) is 11.5.